The molecule has 1 heterocycles. The summed E-state index contributed by atoms with van der Waals surface area (Å²) >= 11 is 0. The van der Waals surface area contributed by atoms with Gasteiger partial charge in [0.1, 0.15) is 5.82 Å². The molecular formula is C18H26N4. The van der Waals surface area contributed by atoms with Gasteiger partial charge in [0.15, 0.2) is 0 Å². The average molecular weight is 298 g/mol. The summed E-state index contributed by atoms with van der Waals surface area (Å²) in [6.45, 7) is 8.01. The fourth-order valence-electron chi connectivity index (χ4n) is 2.33. The number of hydrogen-bond donors (Lipinski definition) is 2. The monoisotopic (exact) mass is 298 g/mol. The van der Waals surface area contributed by atoms with Gasteiger partial charge in [-0.25, -0.2) is 4.98 Å². The van der Waals surface area contributed by atoms with Gasteiger partial charge in [0.05, 0.1) is 0 Å². The molecule has 118 valence electrons. The van der Waals surface area contributed by atoms with Crippen LogP contribution in [-0.2, 0) is 6.54 Å². The molecule has 0 saturated carbocycles. The largest absolute Gasteiger partial charge is 0.370 e. The molecule has 1 aromatic carbocycles. The van der Waals surface area contributed by atoms with Crippen molar-refractivity contribution in [2.24, 2.45) is 0 Å². The number of unbranched alkanes of at least 4 members (excludes halogenated alkanes) is 2. The summed E-state index contributed by atoms with van der Waals surface area (Å²) in [5.74, 6) is 1.58. The van der Waals surface area contributed by atoms with E-state index in [-0.39, 0.29) is 0 Å². The Hall–Kier alpha value is -2.10. The zero-order valence-corrected chi connectivity index (χ0v) is 13.8. The van der Waals surface area contributed by atoms with Crippen molar-refractivity contribution in [3.63, 3.8) is 0 Å². The van der Waals surface area contributed by atoms with Crippen LogP contribution in [0.2, 0.25) is 0 Å². The molecule has 4 nitrogen and oxygen atoms in total. The van der Waals surface area contributed by atoms with E-state index in [0.29, 0.717) is 5.95 Å². The minimum atomic E-state index is 0.680. The SMILES string of the molecule is CCCCCNc1cc(C)nc(NCc2cccc(C)c2)n1. The Labute approximate surface area is 133 Å². The Balaban J connectivity index is 1.94. The van der Waals surface area contributed by atoms with Crippen LogP contribution in [0.1, 0.15) is 43.0 Å². The van der Waals surface area contributed by atoms with Gasteiger partial charge >= 0.3 is 0 Å². The van der Waals surface area contributed by atoms with Gasteiger partial charge < -0.3 is 10.6 Å². The molecule has 0 fully saturated rings. The first-order chi connectivity index (χ1) is 10.7. The molecule has 1 aromatic heterocycles. The zero-order chi connectivity index (χ0) is 15.8. The molecule has 0 aliphatic rings. The topological polar surface area (TPSA) is 49.8 Å². The van der Waals surface area contributed by atoms with Crippen molar-refractivity contribution < 1.29 is 0 Å². The van der Waals surface area contributed by atoms with Gasteiger partial charge in [-0.1, -0.05) is 49.6 Å². The minimum Gasteiger partial charge on any atom is -0.370 e. The predicted molar refractivity (Wildman–Crippen MR) is 93.3 cm³/mol. The van der Waals surface area contributed by atoms with Gasteiger partial charge in [-0.3, -0.25) is 0 Å². The first-order valence-corrected chi connectivity index (χ1v) is 8.06. The highest BCUT2D eigenvalue weighted by Crippen LogP contribution is 2.12. The van der Waals surface area contributed by atoms with Crippen molar-refractivity contribution in [1.82, 2.24) is 9.97 Å². The van der Waals surface area contributed by atoms with Crippen LogP contribution in [0.3, 0.4) is 0 Å². The summed E-state index contributed by atoms with van der Waals surface area (Å²) in [5.41, 5.74) is 3.48. The Kier molecular flexibility index (Phi) is 6.19. The molecule has 2 aromatic rings. The van der Waals surface area contributed by atoms with E-state index in [1.807, 2.05) is 13.0 Å². The molecule has 0 saturated heterocycles. The van der Waals surface area contributed by atoms with Crippen molar-refractivity contribution in [3.8, 4) is 0 Å². The minimum absolute atomic E-state index is 0.680. The summed E-state index contributed by atoms with van der Waals surface area (Å²) in [6.07, 6.45) is 3.65. The first-order valence-electron chi connectivity index (χ1n) is 8.06. The zero-order valence-electron chi connectivity index (χ0n) is 13.8. The standard InChI is InChI=1S/C18H26N4/c1-4-5-6-10-19-17-12-15(3)21-18(22-17)20-13-16-9-7-8-14(2)11-16/h7-9,11-12H,4-6,10,13H2,1-3H3,(H2,19,20,21,22). The second-order valence-electron chi connectivity index (χ2n) is 5.69. The quantitative estimate of drug-likeness (QED) is 0.713. The van der Waals surface area contributed by atoms with E-state index in [1.54, 1.807) is 0 Å². The number of hydrogen-bond acceptors (Lipinski definition) is 4. The third-order valence-electron chi connectivity index (χ3n) is 3.47. The molecular weight excluding hydrogens is 272 g/mol. The van der Waals surface area contributed by atoms with Gasteiger partial charge in [-0.05, 0) is 25.8 Å². The van der Waals surface area contributed by atoms with Crippen LogP contribution in [0, 0.1) is 13.8 Å². The molecule has 0 aliphatic carbocycles. The Bertz CT molecular complexity index is 595. The summed E-state index contributed by atoms with van der Waals surface area (Å²) in [7, 11) is 0. The first kappa shape index (κ1) is 16.3. The fraction of sp³-hybridized carbons (Fsp3) is 0.444. The molecule has 0 atom stereocenters. The van der Waals surface area contributed by atoms with Gasteiger partial charge in [0, 0.05) is 24.8 Å². The van der Waals surface area contributed by atoms with E-state index in [9.17, 15) is 0 Å². The highest BCUT2D eigenvalue weighted by atomic mass is 15.1. The Morgan fingerprint density at radius 2 is 1.86 bits per heavy atom. The van der Waals surface area contributed by atoms with E-state index in [2.05, 4.69) is 58.7 Å². The van der Waals surface area contributed by atoms with Crippen LogP contribution >= 0.6 is 0 Å². The Morgan fingerprint density at radius 1 is 1.00 bits per heavy atom. The Morgan fingerprint density at radius 3 is 2.64 bits per heavy atom. The lowest BCUT2D eigenvalue weighted by molar-refractivity contribution is 0.742. The van der Waals surface area contributed by atoms with Crippen LogP contribution in [0.4, 0.5) is 11.8 Å². The van der Waals surface area contributed by atoms with E-state index < -0.39 is 0 Å². The lowest BCUT2D eigenvalue weighted by atomic mass is 10.1. The van der Waals surface area contributed by atoms with Crippen LogP contribution in [-0.4, -0.2) is 16.5 Å². The summed E-state index contributed by atoms with van der Waals surface area (Å²) < 4.78 is 0. The molecule has 0 bridgehead atoms. The second kappa shape index (κ2) is 8.37. The molecule has 0 spiro atoms. The summed E-state index contributed by atoms with van der Waals surface area (Å²) in [5, 5.41) is 6.69. The molecule has 2 N–H and O–H groups in total. The number of nitrogens with zero attached hydrogens (tertiary/aromatic N) is 2. The highest BCUT2D eigenvalue weighted by Gasteiger charge is 2.02. The van der Waals surface area contributed by atoms with E-state index in [4.69, 9.17) is 0 Å². The molecule has 0 radical (unpaired) electrons. The summed E-state index contributed by atoms with van der Waals surface area (Å²) in [6, 6.07) is 10.4. The fourth-order valence-corrected chi connectivity index (χ4v) is 2.33. The lowest BCUT2D eigenvalue weighted by Crippen LogP contribution is -2.09. The van der Waals surface area contributed by atoms with E-state index >= 15 is 0 Å². The van der Waals surface area contributed by atoms with Crippen molar-refractivity contribution >= 4 is 11.8 Å². The van der Waals surface area contributed by atoms with E-state index in [0.717, 1.165) is 24.6 Å². The van der Waals surface area contributed by atoms with Gasteiger partial charge in [0.25, 0.3) is 0 Å². The van der Waals surface area contributed by atoms with Crippen LogP contribution in [0.5, 0.6) is 0 Å². The van der Waals surface area contributed by atoms with Gasteiger partial charge in [0.2, 0.25) is 5.95 Å². The van der Waals surface area contributed by atoms with Gasteiger partial charge in [-0.2, -0.15) is 4.98 Å². The van der Waals surface area contributed by atoms with Crippen LogP contribution in [0.25, 0.3) is 0 Å². The lowest BCUT2D eigenvalue weighted by Gasteiger charge is -2.10. The number of aromatic nitrogens is 2. The molecule has 4 heteroatoms. The van der Waals surface area contributed by atoms with Crippen molar-refractivity contribution in [3.05, 3.63) is 47.2 Å². The molecule has 0 aliphatic heterocycles. The van der Waals surface area contributed by atoms with Crippen molar-refractivity contribution in [2.45, 2.75) is 46.6 Å². The maximum absolute atomic E-state index is 4.54. The van der Waals surface area contributed by atoms with E-state index in [1.165, 1.54) is 30.4 Å². The normalized spacial score (nSPS) is 10.5. The number of anilines is 2. The van der Waals surface area contributed by atoms with Crippen molar-refractivity contribution in [1.29, 1.82) is 0 Å². The van der Waals surface area contributed by atoms with Crippen LogP contribution in [0.15, 0.2) is 30.3 Å². The molecule has 22 heavy (non-hydrogen) atoms. The third-order valence-corrected chi connectivity index (χ3v) is 3.47. The maximum atomic E-state index is 4.54. The predicted octanol–water partition coefficient (Wildman–Crippen LogP) is 4.31. The van der Waals surface area contributed by atoms with Crippen molar-refractivity contribution in [2.75, 3.05) is 17.2 Å². The second-order valence-corrected chi connectivity index (χ2v) is 5.69. The van der Waals surface area contributed by atoms with Crippen LogP contribution < -0.4 is 10.6 Å². The number of aryl methyl sites for hydroxylation is 2. The molecule has 0 unspecified atom stereocenters. The number of nitrogens with one attached hydrogen (secondary N) is 2. The molecule has 2 rings (SSSR count). The number of benzene rings is 1. The maximum Gasteiger partial charge on any atom is 0.225 e. The average Bonchev–Trinajstić information content (AvgIpc) is 2.49. The third kappa shape index (κ3) is 5.35. The molecule has 0 amide bonds. The van der Waals surface area contributed by atoms with Gasteiger partial charge in [-0.15, -0.1) is 0 Å². The summed E-state index contributed by atoms with van der Waals surface area (Å²) in [4.78, 5) is 8.99. The smallest absolute Gasteiger partial charge is 0.225 e. The number of rotatable bonds is 8. The highest BCUT2D eigenvalue weighted by molar-refractivity contribution is 5.42.